The minimum absolute atomic E-state index is 0.156. The van der Waals surface area contributed by atoms with E-state index in [1.807, 2.05) is 0 Å². The smallest absolute Gasteiger partial charge is 0.392 e. The second-order valence-corrected chi connectivity index (χ2v) is 5.41. The lowest BCUT2D eigenvalue weighted by molar-refractivity contribution is -0.138. The van der Waals surface area contributed by atoms with Gasteiger partial charge in [0, 0.05) is 32.6 Å². The number of rotatable bonds is 4. The summed E-state index contributed by atoms with van der Waals surface area (Å²) in [6.45, 7) is 0.585. The number of likely N-dealkylation sites (tertiary alicyclic amines) is 1. The molecule has 2 rings (SSSR count). The van der Waals surface area contributed by atoms with Gasteiger partial charge >= 0.3 is 6.18 Å². The van der Waals surface area contributed by atoms with E-state index in [1.54, 1.807) is 11.0 Å². The molecule has 0 unspecified atom stereocenters. The van der Waals surface area contributed by atoms with E-state index in [0.717, 1.165) is 6.07 Å². The fourth-order valence-corrected chi connectivity index (χ4v) is 2.87. The summed E-state index contributed by atoms with van der Waals surface area (Å²) in [5.74, 6) is -0.177. The van der Waals surface area contributed by atoms with Crippen molar-refractivity contribution < 1.29 is 23.1 Å². The van der Waals surface area contributed by atoms with E-state index in [9.17, 15) is 23.1 Å². The Balaban J connectivity index is 2.24. The van der Waals surface area contributed by atoms with Crippen LogP contribution in [0.4, 0.5) is 13.2 Å². The molecule has 1 amide bonds. The van der Waals surface area contributed by atoms with Crippen molar-refractivity contribution >= 4 is 5.91 Å². The number of hydrogen-bond donors (Lipinski definition) is 2. The first-order valence-corrected chi connectivity index (χ1v) is 7.11. The van der Waals surface area contributed by atoms with E-state index in [1.165, 1.54) is 19.2 Å². The van der Waals surface area contributed by atoms with Crippen LogP contribution in [-0.4, -0.2) is 42.2 Å². The van der Waals surface area contributed by atoms with Gasteiger partial charge in [-0.15, -0.1) is 0 Å². The van der Waals surface area contributed by atoms with E-state index in [-0.39, 0.29) is 30.9 Å². The van der Waals surface area contributed by atoms with Gasteiger partial charge in [0.15, 0.2) is 0 Å². The summed E-state index contributed by atoms with van der Waals surface area (Å²) < 4.78 is 39.4. The van der Waals surface area contributed by atoms with Gasteiger partial charge in [-0.25, -0.2) is 0 Å². The fourth-order valence-electron chi connectivity index (χ4n) is 2.87. The molecule has 22 heavy (non-hydrogen) atoms. The quantitative estimate of drug-likeness (QED) is 0.893. The maximum absolute atomic E-state index is 13.1. The first-order valence-electron chi connectivity index (χ1n) is 7.11. The van der Waals surface area contributed by atoms with Crippen molar-refractivity contribution in [1.29, 1.82) is 0 Å². The first-order chi connectivity index (χ1) is 10.3. The van der Waals surface area contributed by atoms with Crippen molar-refractivity contribution in [3.63, 3.8) is 0 Å². The van der Waals surface area contributed by atoms with Crippen LogP contribution in [0.5, 0.6) is 0 Å². The second kappa shape index (κ2) is 6.66. The number of amides is 1. The number of benzene rings is 1. The topological polar surface area (TPSA) is 52.6 Å². The van der Waals surface area contributed by atoms with E-state index < -0.39 is 23.9 Å². The maximum Gasteiger partial charge on any atom is 0.416 e. The molecule has 1 aromatic rings. The Labute approximate surface area is 126 Å². The molecular weight excluding hydrogens is 297 g/mol. The monoisotopic (exact) mass is 316 g/mol. The van der Waals surface area contributed by atoms with Crippen LogP contribution in [0.2, 0.25) is 0 Å². The largest absolute Gasteiger partial charge is 0.416 e. The third-order valence-corrected chi connectivity index (χ3v) is 3.91. The fraction of sp³-hybridized carbons (Fsp3) is 0.533. The van der Waals surface area contributed by atoms with Gasteiger partial charge in [-0.2, -0.15) is 13.2 Å². The molecule has 0 aromatic heterocycles. The molecular formula is C15H19F3N2O2. The number of halogens is 3. The molecule has 4 nitrogen and oxygen atoms in total. The van der Waals surface area contributed by atoms with Crippen LogP contribution in [0.25, 0.3) is 0 Å². The minimum Gasteiger partial charge on any atom is -0.392 e. The molecule has 0 aliphatic carbocycles. The Kier molecular flexibility index (Phi) is 5.08. The predicted molar refractivity (Wildman–Crippen MR) is 75.1 cm³/mol. The summed E-state index contributed by atoms with van der Waals surface area (Å²) in [6, 6.07) is 4.88. The SMILES string of the molecule is CNC(=O)CCN1C[C@@H](O)C[C@@H]1c1ccccc1C(F)(F)F. The van der Waals surface area contributed by atoms with Gasteiger partial charge in [0.1, 0.15) is 0 Å². The highest BCUT2D eigenvalue weighted by Crippen LogP contribution is 2.40. The van der Waals surface area contributed by atoms with Crippen LogP contribution in [-0.2, 0) is 11.0 Å². The van der Waals surface area contributed by atoms with Crippen molar-refractivity contribution in [2.24, 2.45) is 0 Å². The molecule has 0 radical (unpaired) electrons. The average molecular weight is 316 g/mol. The Morgan fingerprint density at radius 3 is 2.73 bits per heavy atom. The molecule has 1 aliphatic heterocycles. The first kappa shape index (κ1) is 16.8. The minimum atomic E-state index is -4.43. The number of β-amino-alcohol motifs (C(OH)–C–C–N with tert-alkyl or cyclic N) is 1. The zero-order valence-electron chi connectivity index (χ0n) is 12.2. The highest BCUT2D eigenvalue weighted by atomic mass is 19.4. The van der Waals surface area contributed by atoms with Gasteiger partial charge in [-0.1, -0.05) is 18.2 Å². The summed E-state index contributed by atoms with van der Waals surface area (Å²) in [7, 11) is 1.51. The molecule has 1 aromatic carbocycles. The third-order valence-electron chi connectivity index (χ3n) is 3.91. The Hall–Kier alpha value is -1.60. The summed E-state index contributed by atoms with van der Waals surface area (Å²) >= 11 is 0. The number of nitrogens with zero attached hydrogens (tertiary/aromatic N) is 1. The summed E-state index contributed by atoms with van der Waals surface area (Å²) in [4.78, 5) is 13.1. The molecule has 7 heteroatoms. The van der Waals surface area contributed by atoms with Gasteiger partial charge < -0.3 is 10.4 Å². The van der Waals surface area contributed by atoms with Crippen LogP contribution < -0.4 is 5.32 Å². The average Bonchev–Trinajstić information content (AvgIpc) is 2.84. The van der Waals surface area contributed by atoms with Gasteiger partial charge in [-0.05, 0) is 18.1 Å². The normalized spacial score (nSPS) is 22.8. The molecule has 0 saturated carbocycles. The highest BCUT2D eigenvalue weighted by Gasteiger charge is 2.39. The molecule has 0 bridgehead atoms. The number of aliphatic hydroxyl groups excluding tert-OH is 1. The van der Waals surface area contributed by atoms with Gasteiger partial charge in [0.25, 0.3) is 0 Å². The third kappa shape index (κ3) is 3.78. The van der Waals surface area contributed by atoms with E-state index >= 15 is 0 Å². The molecule has 1 fully saturated rings. The number of alkyl halides is 3. The van der Waals surface area contributed by atoms with Crippen LogP contribution in [0.3, 0.4) is 0 Å². The number of carbonyl (C=O) groups excluding carboxylic acids is 1. The molecule has 1 heterocycles. The zero-order valence-corrected chi connectivity index (χ0v) is 12.2. The van der Waals surface area contributed by atoms with Gasteiger partial charge in [0.05, 0.1) is 11.7 Å². The lowest BCUT2D eigenvalue weighted by Crippen LogP contribution is -2.31. The molecule has 1 aliphatic rings. The van der Waals surface area contributed by atoms with E-state index in [0.29, 0.717) is 6.54 Å². The van der Waals surface area contributed by atoms with Crippen molar-refractivity contribution in [3.8, 4) is 0 Å². The van der Waals surface area contributed by atoms with E-state index in [2.05, 4.69) is 5.32 Å². The number of hydrogen-bond acceptors (Lipinski definition) is 3. The number of carbonyl (C=O) groups is 1. The zero-order chi connectivity index (χ0) is 16.3. The maximum atomic E-state index is 13.1. The van der Waals surface area contributed by atoms with Crippen molar-refractivity contribution in [3.05, 3.63) is 35.4 Å². The van der Waals surface area contributed by atoms with Crippen molar-refractivity contribution in [2.45, 2.75) is 31.2 Å². The molecule has 2 atom stereocenters. The Morgan fingerprint density at radius 2 is 2.09 bits per heavy atom. The van der Waals surface area contributed by atoms with Crippen LogP contribution in [0, 0.1) is 0 Å². The number of aliphatic hydroxyl groups is 1. The number of nitrogens with one attached hydrogen (secondary N) is 1. The van der Waals surface area contributed by atoms with Crippen molar-refractivity contribution in [1.82, 2.24) is 10.2 Å². The summed E-state index contributed by atoms with van der Waals surface area (Å²) in [6.07, 6.45) is -4.69. The van der Waals surface area contributed by atoms with E-state index in [4.69, 9.17) is 0 Å². The lowest BCUT2D eigenvalue weighted by atomic mass is 9.97. The molecule has 0 spiro atoms. The Morgan fingerprint density at radius 1 is 1.41 bits per heavy atom. The molecule has 2 N–H and O–H groups in total. The molecule has 1 saturated heterocycles. The highest BCUT2D eigenvalue weighted by molar-refractivity contribution is 5.75. The molecule has 122 valence electrons. The summed E-state index contributed by atoms with van der Waals surface area (Å²) in [5.41, 5.74) is -0.525. The van der Waals surface area contributed by atoms with Crippen LogP contribution in [0.15, 0.2) is 24.3 Å². The standard InChI is InChI=1S/C15H19F3N2O2/c1-19-14(22)6-7-20-9-10(21)8-13(20)11-4-2-3-5-12(11)15(16,17)18/h2-5,10,13,21H,6-9H2,1H3,(H,19,22)/t10-,13+/m0/s1. The van der Waals surface area contributed by atoms with Gasteiger partial charge in [-0.3, -0.25) is 9.69 Å². The van der Waals surface area contributed by atoms with Crippen molar-refractivity contribution in [2.75, 3.05) is 20.1 Å². The Bertz CT molecular complexity index is 534. The van der Waals surface area contributed by atoms with Gasteiger partial charge in [0.2, 0.25) is 5.91 Å². The lowest BCUT2D eigenvalue weighted by Gasteiger charge is -2.26. The van der Waals surface area contributed by atoms with Crippen LogP contribution in [0.1, 0.15) is 30.0 Å². The second-order valence-electron chi connectivity index (χ2n) is 5.41. The summed E-state index contributed by atoms with van der Waals surface area (Å²) in [5, 5.41) is 12.3. The predicted octanol–water partition coefficient (Wildman–Crippen LogP) is 1.95. The van der Waals surface area contributed by atoms with Crippen LogP contribution >= 0.6 is 0 Å².